The third-order valence-electron chi connectivity index (χ3n) is 5.16. The van der Waals surface area contributed by atoms with E-state index in [-0.39, 0.29) is 11.4 Å². The summed E-state index contributed by atoms with van der Waals surface area (Å²) in [5, 5.41) is 3.32. The van der Waals surface area contributed by atoms with Gasteiger partial charge in [-0.05, 0) is 56.3 Å². The van der Waals surface area contributed by atoms with E-state index in [2.05, 4.69) is 15.3 Å². The van der Waals surface area contributed by atoms with Crippen molar-refractivity contribution in [1.29, 1.82) is 0 Å². The van der Waals surface area contributed by atoms with Gasteiger partial charge < -0.3 is 10.3 Å². The van der Waals surface area contributed by atoms with Crippen LogP contribution in [-0.2, 0) is 0 Å². The van der Waals surface area contributed by atoms with Crippen LogP contribution in [0.15, 0.2) is 12.5 Å². The number of hydrogen-bond donors (Lipinski definition) is 2. The van der Waals surface area contributed by atoms with Gasteiger partial charge in [-0.25, -0.2) is 4.98 Å². The molecule has 0 aromatic carbocycles. The predicted octanol–water partition coefficient (Wildman–Crippen LogP) is 2.11. The molecule has 1 amide bonds. The van der Waals surface area contributed by atoms with Crippen LogP contribution < -0.4 is 5.32 Å². The van der Waals surface area contributed by atoms with Gasteiger partial charge in [-0.1, -0.05) is 0 Å². The molecular formula is C14H19N3O. The van der Waals surface area contributed by atoms with Crippen LogP contribution in [0.3, 0.4) is 0 Å². The van der Waals surface area contributed by atoms with Crippen LogP contribution in [0.4, 0.5) is 0 Å². The molecule has 4 saturated carbocycles. The maximum absolute atomic E-state index is 12.2. The summed E-state index contributed by atoms with van der Waals surface area (Å²) < 4.78 is 0. The zero-order chi connectivity index (χ0) is 12.2. The smallest absolute Gasteiger partial charge is 0.269 e. The van der Waals surface area contributed by atoms with Gasteiger partial charge in [0, 0.05) is 5.54 Å². The molecule has 96 valence electrons. The largest absolute Gasteiger partial charge is 0.345 e. The molecule has 5 rings (SSSR count). The number of carbonyl (C=O) groups is 1. The van der Waals surface area contributed by atoms with Crippen LogP contribution in [0.25, 0.3) is 0 Å². The van der Waals surface area contributed by atoms with Crippen molar-refractivity contribution in [2.24, 2.45) is 17.8 Å². The maximum Gasteiger partial charge on any atom is 0.269 e. The van der Waals surface area contributed by atoms with Crippen molar-refractivity contribution in [2.75, 3.05) is 0 Å². The van der Waals surface area contributed by atoms with E-state index in [9.17, 15) is 4.79 Å². The Morgan fingerprint density at radius 2 is 1.83 bits per heavy atom. The van der Waals surface area contributed by atoms with Crippen molar-refractivity contribution < 1.29 is 4.79 Å². The van der Waals surface area contributed by atoms with Crippen LogP contribution >= 0.6 is 0 Å². The lowest BCUT2D eigenvalue weighted by molar-refractivity contribution is -0.0167. The third kappa shape index (κ3) is 1.58. The Labute approximate surface area is 107 Å². The highest BCUT2D eigenvalue weighted by Gasteiger charge is 2.51. The number of H-pyrrole nitrogens is 1. The van der Waals surface area contributed by atoms with Crippen LogP contribution in [0.5, 0.6) is 0 Å². The number of aromatic amines is 1. The average molecular weight is 245 g/mol. The zero-order valence-corrected chi connectivity index (χ0v) is 10.5. The van der Waals surface area contributed by atoms with Crippen molar-refractivity contribution in [1.82, 2.24) is 15.3 Å². The molecule has 4 nitrogen and oxygen atoms in total. The number of nitrogens with one attached hydrogen (secondary N) is 2. The molecule has 1 heterocycles. The summed E-state index contributed by atoms with van der Waals surface area (Å²) in [5.74, 6) is 2.60. The second-order valence-electron chi connectivity index (χ2n) is 6.62. The molecule has 0 unspecified atom stereocenters. The molecule has 0 radical (unpaired) electrons. The van der Waals surface area contributed by atoms with Crippen molar-refractivity contribution in [2.45, 2.75) is 44.1 Å². The molecule has 4 bridgehead atoms. The van der Waals surface area contributed by atoms with E-state index in [1.54, 1.807) is 12.5 Å². The fraction of sp³-hybridized carbons (Fsp3) is 0.714. The molecule has 0 saturated heterocycles. The number of amides is 1. The average Bonchev–Trinajstić information content (AvgIpc) is 2.79. The molecule has 4 fully saturated rings. The van der Waals surface area contributed by atoms with Crippen molar-refractivity contribution >= 4 is 5.91 Å². The first kappa shape index (κ1) is 10.6. The molecule has 2 N–H and O–H groups in total. The Morgan fingerprint density at radius 3 is 2.33 bits per heavy atom. The van der Waals surface area contributed by atoms with Gasteiger partial charge in [-0.2, -0.15) is 0 Å². The highest BCUT2D eigenvalue weighted by Crippen LogP contribution is 2.55. The molecule has 0 atom stereocenters. The van der Waals surface area contributed by atoms with E-state index >= 15 is 0 Å². The predicted molar refractivity (Wildman–Crippen MR) is 67.0 cm³/mol. The first-order chi connectivity index (χ1) is 8.72. The van der Waals surface area contributed by atoms with Crippen LogP contribution in [0.2, 0.25) is 0 Å². The lowest BCUT2D eigenvalue weighted by atomic mass is 9.53. The third-order valence-corrected chi connectivity index (χ3v) is 5.16. The molecule has 0 spiro atoms. The van der Waals surface area contributed by atoms with E-state index in [4.69, 9.17) is 0 Å². The standard InChI is InChI=1S/C14H19N3O/c18-13(12-7-15-8-16-12)17-14-4-9-1-10(5-14)3-11(2-9)6-14/h7-11H,1-6H2,(H,15,16)(H,17,18). The van der Waals surface area contributed by atoms with E-state index in [0.29, 0.717) is 5.69 Å². The molecule has 18 heavy (non-hydrogen) atoms. The lowest BCUT2D eigenvalue weighted by Gasteiger charge is -2.56. The molecule has 4 aliphatic carbocycles. The quantitative estimate of drug-likeness (QED) is 0.838. The minimum Gasteiger partial charge on any atom is -0.345 e. The number of carbonyl (C=O) groups excluding carboxylic acids is 1. The minimum absolute atomic E-state index is 0.0226. The fourth-order valence-electron chi connectivity index (χ4n) is 4.95. The Hall–Kier alpha value is -1.32. The van der Waals surface area contributed by atoms with Crippen molar-refractivity contribution in [3.63, 3.8) is 0 Å². The highest BCUT2D eigenvalue weighted by molar-refractivity contribution is 5.92. The van der Waals surface area contributed by atoms with Crippen molar-refractivity contribution in [3.8, 4) is 0 Å². The van der Waals surface area contributed by atoms with Crippen LogP contribution in [-0.4, -0.2) is 21.4 Å². The monoisotopic (exact) mass is 245 g/mol. The van der Waals surface area contributed by atoms with Gasteiger partial charge in [0.2, 0.25) is 0 Å². The van der Waals surface area contributed by atoms with E-state index < -0.39 is 0 Å². The lowest BCUT2D eigenvalue weighted by Crippen LogP contribution is -2.59. The van der Waals surface area contributed by atoms with E-state index in [1.165, 1.54) is 38.5 Å². The van der Waals surface area contributed by atoms with Crippen LogP contribution in [0.1, 0.15) is 49.0 Å². The number of imidazole rings is 1. The molecule has 4 aliphatic rings. The van der Waals surface area contributed by atoms with Gasteiger partial charge in [0.25, 0.3) is 5.91 Å². The minimum atomic E-state index is 0.0226. The van der Waals surface area contributed by atoms with Gasteiger partial charge in [0.15, 0.2) is 0 Å². The number of aromatic nitrogens is 2. The summed E-state index contributed by atoms with van der Waals surface area (Å²) in [6.07, 6.45) is 11.0. The van der Waals surface area contributed by atoms with Gasteiger partial charge in [0.05, 0.1) is 12.5 Å². The first-order valence-corrected chi connectivity index (χ1v) is 7.03. The zero-order valence-electron chi connectivity index (χ0n) is 10.5. The molecule has 1 aromatic heterocycles. The highest BCUT2D eigenvalue weighted by atomic mass is 16.2. The van der Waals surface area contributed by atoms with E-state index in [1.807, 2.05) is 0 Å². The Bertz CT molecular complexity index is 430. The van der Waals surface area contributed by atoms with Gasteiger partial charge in [0.1, 0.15) is 5.69 Å². The summed E-state index contributed by atoms with van der Waals surface area (Å²) in [7, 11) is 0. The molecular weight excluding hydrogens is 226 g/mol. The Balaban J connectivity index is 1.56. The molecule has 0 aliphatic heterocycles. The van der Waals surface area contributed by atoms with Gasteiger partial charge >= 0.3 is 0 Å². The van der Waals surface area contributed by atoms with Crippen molar-refractivity contribution in [3.05, 3.63) is 18.2 Å². The van der Waals surface area contributed by atoms with Crippen LogP contribution in [0, 0.1) is 17.8 Å². The Kier molecular flexibility index (Phi) is 2.11. The van der Waals surface area contributed by atoms with E-state index in [0.717, 1.165) is 17.8 Å². The number of nitrogens with zero attached hydrogens (tertiary/aromatic N) is 1. The number of hydrogen-bond acceptors (Lipinski definition) is 2. The summed E-state index contributed by atoms with van der Waals surface area (Å²) >= 11 is 0. The summed E-state index contributed by atoms with van der Waals surface area (Å²) in [5.41, 5.74) is 0.683. The maximum atomic E-state index is 12.2. The van der Waals surface area contributed by atoms with Gasteiger partial charge in [-0.15, -0.1) is 0 Å². The summed E-state index contributed by atoms with van der Waals surface area (Å²) in [6.45, 7) is 0. The molecule has 1 aromatic rings. The number of rotatable bonds is 2. The topological polar surface area (TPSA) is 57.8 Å². The first-order valence-electron chi connectivity index (χ1n) is 7.03. The fourth-order valence-corrected chi connectivity index (χ4v) is 4.95. The SMILES string of the molecule is O=C(NC12CC3CC(CC(C3)C1)C2)c1cnc[nH]1. The molecule has 4 heteroatoms. The second kappa shape index (κ2) is 3.59. The normalized spacial score (nSPS) is 41.0. The second-order valence-corrected chi connectivity index (χ2v) is 6.62. The van der Waals surface area contributed by atoms with Gasteiger partial charge in [-0.3, -0.25) is 4.79 Å². The summed E-state index contributed by atoms with van der Waals surface area (Å²) in [6, 6.07) is 0. The Morgan fingerprint density at radius 1 is 1.22 bits per heavy atom. The summed E-state index contributed by atoms with van der Waals surface area (Å²) in [4.78, 5) is 19.0.